The molecular weight excluding hydrogens is 538 g/mol. The molecule has 8 nitrogen and oxygen atoms in total. The summed E-state index contributed by atoms with van der Waals surface area (Å²) in [6.07, 6.45) is -0.206. The number of amides is 2. The average Bonchev–Trinajstić information content (AvgIpc) is 3.57. The van der Waals surface area contributed by atoms with Crippen LogP contribution >= 0.6 is 22.9 Å². The van der Waals surface area contributed by atoms with Crippen molar-refractivity contribution in [3.05, 3.63) is 105 Å². The van der Waals surface area contributed by atoms with Gasteiger partial charge in [-0.05, 0) is 55.0 Å². The number of halogens is 1. The maximum Gasteiger partial charge on any atom is 0.313 e. The van der Waals surface area contributed by atoms with Crippen LogP contribution in [0, 0.1) is 5.92 Å². The Morgan fingerprint density at radius 1 is 0.846 bits per heavy atom. The van der Waals surface area contributed by atoms with E-state index in [9.17, 15) is 14.4 Å². The number of hydrogen-bond donors (Lipinski definition) is 0. The summed E-state index contributed by atoms with van der Waals surface area (Å²) in [7, 11) is 0. The number of imide groups is 1. The molecule has 0 spiro atoms. The number of rotatable bonds is 7. The Bertz CT molecular complexity index is 1570. The number of benzene rings is 3. The summed E-state index contributed by atoms with van der Waals surface area (Å²) in [4.78, 5) is 48.2. The van der Waals surface area contributed by atoms with E-state index in [1.165, 1.54) is 9.63 Å². The molecule has 0 N–H and O–H groups in total. The Balaban J connectivity index is 1.42. The number of carbonyl (C=O) groups excluding carboxylic acids is 2. The molecule has 10 heteroatoms. The smallest absolute Gasteiger partial charge is 0.313 e. The number of ether oxygens (including phenoxy) is 1. The minimum atomic E-state index is -1.07. The van der Waals surface area contributed by atoms with Crippen molar-refractivity contribution in [3.8, 4) is 11.4 Å². The molecule has 3 heterocycles. The van der Waals surface area contributed by atoms with Crippen molar-refractivity contribution in [2.75, 3.05) is 16.6 Å². The van der Waals surface area contributed by atoms with E-state index < -0.39 is 29.9 Å². The van der Waals surface area contributed by atoms with Crippen molar-refractivity contribution in [3.63, 3.8) is 0 Å². The molecule has 2 amide bonds. The number of hydroxylamine groups is 1. The quantitative estimate of drug-likeness (QED) is 0.281. The highest BCUT2D eigenvalue weighted by Gasteiger charge is 2.61. The van der Waals surface area contributed by atoms with Gasteiger partial charge in [0.15, 0.2) is 6.10 Å². The summed E-state index contributed by atoms with van der Waals surface area (Å²) in [5.74, 6) is -1.14. The van der Waals surface area contributed by atoms with Crippen LogP contribution in [-0.2, 0) is 14.4 Å². The number of para-hydroxylation sites is 2. The fourth-order valence-corrected chi connectivity index (χ4v) is 6.46. The number of fused-ring (bicyclic) bond motifs is 1. The largest absolute Gasteiger partial charge is 0.494 e. The zero-order valence-corrected chi connectivity index (χ0v) is 22.5. The van der Waals surface area contributed by atoms with Crippen LogP contribution in [0.4, 0.5) is 11.4 Å². The predicted molar refractivity (Wildman–Crippen MR) is 150 cm³/mol. The molecule has 2 aliphatic rings. The Labute approximate surface area is 233 Å². The highest BCUT2D eigenvalue weighted by atomic mass is 35.5. The van der Waals surface area contributed by atoms with Gasteiger partial charge >= 0.3 is 4.87 Å². The van der Waals surface area contributed by atoms with Crippen LogP contribution in [0.2, 0.25) is 5.15 Å². The first-order valence-electron chi connectivity index (χ1n) is 12.6. The van der Waals surface area contributed by atoms with Gasteiger partial charge in [-0.2, -0.15) is 0 Å². The van der Waals surface area contributed by atoms with E-state index in [0.717, 1.165) is 22.7 Å². The molecule has 3 aromatic carbocycles. The second kappa shape index (κ2) is 10.3. The van der Waals surface area contributed by atoms with Crippen molar-refractivity contribution in [2.24, 2.45) is 5.92 Å². The predicted octanol–water partition coefficient (Wildman–Crippen LogP) is 5.39. The molecule has 2 fully saturated rings. The molecule has 39 heavy (non-hydrogen) atoms. The first-order chi connectivity index (χ1) is 19.0. The van der Waals surface area contributed by atoms with Gasteiger partial charge in [0.05, 0.1) is 28.5 Å². The Morgan fingerprint density at radius 3 is 2.13 bits per heavy atom. The number of anilines is 2. The number of nitrogens with zero attached hydrogens (tertiary/aromatic N) is 3. The van der Waals surface area contributed by atoms with Gasteiger partial charge in [0.25, 0.3) is 5.91 Å². The Morgan fingerprint density at radius 2 is 1.49 bits per heavy atom. The molecule has 0 bridgehead atoms. The van der Waals surface area contributed by atoms with Crippen LogP contribution in [0.5, 0.6) is 5.75 Å². The van der Waals surface area contributed by atoms with E-state index in [-0.39, 0.29) is 10.0 Å². The van der Waals surface area contributed by atoms with Gasteiger partial charge in [0, 0.05) is 0 Å². The lowest BCUT2D eigenvalue weighted by molar-refractivity contribution is -0.126. The van der Waals surface area contributed by atoms with Crippen molar-refractivity contribution in [1.82, 2.24) is 4.57 Å². The molecule has 4 aromatic rings. The van der Waals surface area contributed by atoms with Gasteiger partial charge in [0.1, 0.15) is 22.9 Å². The van der Waals surface area contributed by atoms with E-state index in [1.807, 2.05) is 55.5 Å². The van der Waals surface area contributed by atoms with Crippen LogP contribution in [0.1, 0.15) is 24.3 Å². The summed E-state index contributed by atoms with van der Waals surface area (Å²) in [6.45, 7) is 2.59. The number of aromatic nitrogens is 1. The first kappa shape index (κ1) is 25.4. The van der Waals surface area contributed by atoms with Crippen LogP contribution in [-0.4, -0.2) is 29.1 Å². The van der Waals surface area contributed by atoms with Gasteiger partial charge in [-0.1, -0.05) is 66.3 Å². The maximum atomic E-state index is 13.9. The maximum absolute atomic E-state index is 13.9. The lowest BCUT2D eigenvalue weighted by Gasteiger charge is -2.28. The van der Waals surface area contributed by atoms with Crippen molar-refractivity contribution in [2.45, 2.75) is 25.5 Å². The number of carbonyl (C=O) groups is 2. The summed E-state index contributed by atoms with van der Waals surface area (Å²) < 4.78 is 7.05. The van der Waals surface area contributed by atoms with Crippen molar-refractivity contribution in [1.29, 1.82) is 0 Å². The third-order valence-corrected chi connectivity index (χ3v) is 8.25. The van der Waals surface area contributed by atoms with Gasteiger partial charge in [-0.15, -0.1) is 0 Å². The van der Waals surface area contributed by atoms with E-state index in [1.54, 1.807) is 36.4 Å². The summed E-state index contributed by atoms with van der Waals surface area (Å²) in [5.41, 5.74) is 1.68. The minimum Gasteiger partial charge on any atom is -0.494 e. The summed E-state index contributed by atoms with van der Waals surface area (Å²) in [5, 5.41) is 1.72. The van der Waals surface area contributed by atoms with Crippen LogP contribution < -0.4 is 19.6 Å². The third kappa shape index (κ3) is 4.32. The fourth-order valence-electron chi connectivity index (χ4n) is 5.00. The molecule has 0 saturated carbocycles. The summed E-state index contributed by atoms with van der Waals surface area (Å²) in [6, 6.07) is 24.3. The van der Waals surface area contributed by atoms with Gasteiger partial charge in [0.2, 0.25) is 5.91 Å². The molecule has 6 rings (SSSR count). The van der Waals surface area contributed by atoms with Gasteiger partial charge < -0.3 is 4.74 Å². The van der Waals surface area contributed by atoms with Crippen LogP contribution in [0.3, 0.4) is 0 Å². The average molecular weight is 562 g/mol. The SMILES string of the molecule is CCCOc1ccc(N2C(=O)[C@@H]3[C@H](ON(c4ccccc4)[C@@H]3c3sc(=O)n(-c4ccccc4)c3Cl)C2=O)cc1. The van der Waals surface area contributed by atoms with Crippen LogP contribution in [0.25, 0.3) is 5.69 Å². The normalized spacial score (nSPS) is 20.5. The van der Waals surface area contributed by atoms with Crippen LogP contribution in [0.15, 0.2) is 89.7 Å². The minimum absolute atomic E-state index is 0.183. The molecule has 0 radical (unpaired) electrons. The van der Waals surface area contributed by atoms with Gasteiger partial charge in [-0.25, -0.2) is 9.96 Å². The molecule has 0 aliphatic carbocycles. The zero-order chi connectivity index (χ0) is 27.1. The van der Waals surface area contributed by atoms with Crippen molar-refractivity contribution >= 4 is 46.1 Å². The molecule has 1 aromatic heterocycles. The summed E-state index contributed by atoms with van der Waals surface area (Å²) >= 11 is 7.80. The number of thiazole rings is 1. The molecular formula is C29H24ClN3O5S. The van der Waals surface area contributed by atoms with Crippen molar-refractivity contribution < 1.29 is 19.2 Å². The fraction of sp³-hybridized carbons (Fsp3) is 0.207. The monoisotopic (exact) mass is 561 g/mol. The highest BCUT2D eigenvalue weighted by molar-refractivity contribution is 7.10. The Hall–Kier alpha value is -3.92. The zero-order valence-electron chi connectivity index (χ0n) is 20.9. The molecule has 2 saturated heterocycles. The standard InChI is InChI=1S/C29H24ClN3O5S/c1-2-17-37-21-15-13-19(14-16-21)32-27(34)22-23(33(38-24(22)28(32)35)20-11-7-4-8-12-20)25-26(30)31(29(36)39-25)18-9-5-3-6-10-18/h3-16,22-24H,2,17H2,1H3/t22-,23-,24-/m0/s1. The number of hydrogen-bond acceptors (Lipinski definition) is 7. The lowest BCUT2D eigenvalue weighted by atomic mass is 9.95. The van der Waals surface area contributed by atoms with E-state index >= 15 is 0 Å². The molecule has 198 valence electrons. The van der Waals surface area contributed by atoms with E-state index in [4.69, 9.17) is 21.2 Å². The second-order valence-corrected chi connectivity index (χ2v) is 10.6. The van der Waals surface area contributed by atoms with E-state index in [2.05, 4.69) is 0 Å². The third-order valence-electron chi connectivity index (χ3n) is 6.76. The van der Waals surface area contributed by atoms with Gasteiger partial charge in [-0.3, -0.25) is 23.8 Å². The molecule has 0 unspecified atom stereocenters. The molecule has 2 aliphatic heterocycles. The topological polar surface area (TPSA) is 81.1 Å². The molecule has 3 atom stereocenters. The Kier molecular flexibility index (Phi) is 6.72. The lowest BCUT2D eigenvalue weighted by Crippen LogP contribution is -2.37. The highest BCUT2D eigenvalue weighted by Crippen LogP contribution is 2.50. The second-order valence-electron chi connectivity index (χ2n) is 9.21. The van der Waals surface area contributed by atoms with E-state index in [0.29, 0.717) is 34.3 Å². The first-order valence-corrected chi connectivity index (χ1v) is 13.8.